The van der Waals surface area contributed by atoms with E-state index in [9.17, 15) is 22.4 Å². The number of hydrogen-bond acceptors (Lipinski definition) is 4. The van der Waals surface area contributed by atoms with Crippen molar-refractivity contribution in [2.75, 3.05) is 11.1 Å². The molecule has 0 unspecified atom stereocenters. The first-order chi connectivity index (χ1) is 13.8. The zero-order chi connectivity index (χ0) is 20.9. The average molecular weight is 424 g/mol. The number of alkyl halides is 3. The third-order valence-corrected chi connectivity index (χ3v) is 4.94. The first-order valence-electron chi connectivity index (χ1n) is 8.59. The Bertz CT molecular complexity index is 971. The van der Waals surface area contributed by atoms with Gasteiger partial charge in [0.2, 0.25) is 5.91 Å². The molecule has 1 N–H and O–H groups in total. The molecule has 0 saturated carbocycles. The summed E-state index contributed by atoms with van der Waals surface area (Å²) in [4.78, 5) is 16.6. The lowest BCUT2D eigenvalue weighted by atomic mass is 10.2. The molecule has 3 aromatic rings. The predicted molar refractivity (Wildman–Crippen MR) is 102 cm³/mol. The molecule has 2 aromatic carbocycles. The van der Waals surface area contributed by atoms with Gasteiger partial charge >= 0.3 is 6.18 Å². The van der Waals surface area contributed by atoms with Crippen molar-refractivity contribution in [2.24, 2.45) is 0 Å². The number of carbonyl (C=O) groups is 1. The summed E-state index contributed by atoms with van der Waals surface area (Å²) in [6.45, 7) is 0. The van der Waals surface area contributed by atoms with E-state index < -0.39 is 11.9 Å². The first-order valence-corrected chi connectivity index (χ1v) is 9.58. The number of para-hydroxylation sites is 1. The van der Waals surface area contributed by atoms with Crippen molar-refractivity contribution in [2.45, 2.75) is 23.9 Å². The highest BCUT2D eigenvalue weighted by Crippen LogP contribution is 2.32. The Balaban J connectivity index is 1.56. The molecule has 0 spiro atoms. The summed E-state index contributed by atoms with van der Waals surface area (Å²) in [6.07, 6.45) is -2.55. The van der Waals surface area contributed by atoms with Gasteiger partial charge in [-0.3, -0.25) is 4.79 Å². The third-order valence-electron chi connectivity index (χ3n) is 3.80. The molecule has 152 valence electrons. The number of anilines is 1. The topological polar surface area (TPSA) is 55.1 Å². The van der Waals surface area contributed by atoms with E-state index >= 15 is 0 Å². The Morgan fingerprint density at radius 1 is 1.10 bits per heavy atom. The van der Waals surface area contributed by atoms with Crippen LogP contribution in [0.5, 0.6) is 0 Å². The zero-order valence-corrected chi connectivity index (χ0v) is 15.8. The molecular weight excluding hydrogens is 408 g/mol. The molecule has 0 atom stereocenters. The molecule has 0 saturated heterocycles. The number of oxazole rings is 1. The molecule has 0 bridgehead atoms. The zero-order valence-electron chi connectivity index (χ0n) is 15.0. The molecule has 1 amide bonds. The van der Waals surface area contributed by atoms with Gasteiger partial charge in [0.25, 0.3) is 0 Å². The number of halogens is 4. The summed E-state index contributed by atoms with van der Waals surface area (Å²) in [6, 6.07) is 12.0. The Morgan fingerprint density at radius 2 is 1.83 bits per heavy atom. The van der Waals surface area contributed by atoms with E-state index in [-0.39, 0.29) is 24.6 Å². The van der Waals surface area contributed by atoms with E-state index in [0.29, 0.717) is 39.6 Å². The molecule has 0 aliphatic heterocycles. The van der Waals surface area contributed by atoms with Crippen molar-refractivity contribution in [3.05, 3.63) is 66.4 Å². The van der Waals surface area contributed by atoms with E-state index in [1.807, 2.05) is 0 Å². The summed E-state index contributed by atoms with van der Waals surface area (Å²) in [5.74, 6) is -0.985. The second kappa shape index (κ2) is 9.13. The predicted octanol–water partition coefficient (Wildman–Crippen LogP) is 5.71. The van der Waals surface area contributed by atoms with Crippen LogP contribution in [0.4, 0.5) is 23.2 Å². The Labute approximate surface area is 168 Å². The maximum atomic E-state index is 13.0. The van der Waals surface area contributed by atoms with Crippen molar-refractivity contribution >= 4 is 23.4 Å². The van der Waals surface area contributed by atoms with E-state index in [0.717, 1.165) is 0 Å². The van der Waals surface area contributed by atoms with Gasteiger partial charge in [-0.1, -0.05) is 12.1 Å². The number of aromatic nitrogens is 1. The molecule has 1 aromatic heterocycles. The summed E-state index contributed by atoms with van der Waals surface area (Å²) in [5.41, 5.74) is 0.983. The number of aryl methyl sites for hydroxylation is 1. The van der Waals surface area contributed by atoms with Crippen molar-refractivity contribution < 1.29 is 26.8 Å². The van der Waals surface area contributed by atoms with Gasteiger partial charge < -0.3 is 9.73 Å². The number of rotatable bonds is 7. The molecule has 3 rings (SSSR count). The first kappa shape index (κ1) is 20.9. The van der Waals surface area contributed by atoms with Crippen molar-refractivity contribution in [1.29, 1.82) is 0 Å². The number of benzene rings is 2. The lowest BCUT2D eigenvalue weighted by Crippen LogP contribution is -2.14. The number of hydrogen-bond donors (Lipinski definition) is 1. The average Bonchev–Trinajstić information content (AvgIpc) is 3.15. The van der Waals surface area contributed by atoms with Gasteiger partial charge in [-0.2, -0.15) is 13.2 Å². The number of nitrogens with one attached hydrogen (secondary N) is 1. The normalized spacial score (nSPS) is 11.4. The second-order valence-electron chi connectivity index (χ2n) is 6.07. The molecular formula is C20H16F4N2O2S. The number of thioether (sulfide) groups is 1. The van der Waals surface area contributed by atoms with Crippen LogP contribution in [0.15, 0.2) is 64.0 Å². The van der Waals surface area contributed by atoms with Crippen LogP contribution in [-0.4, -0.2) is 22.8 Å². The molecule has 1 heterocycles. The van der Waals surface area contributed by atoms with Crippen LogP contribution in [0.3, 0.4) is 0 Å². The Kier molecular flexibility index (Phi) is 6.58. The highest BCUT2D eigenvalue weighted by molar-refractivity contribution is 7.99. The molecule has 0 fully saturated rings. The molecule has 29 heavy (non-hydrogen) atoms. The lowest BCUT2D eigenvalue weighted by Gasteiger charge is -2.11. The molecule has 0 aliphatic carbocycles. The van der Waals surface area contributed by atoms with Crippen LogP contribution in [0, 0.1) is 5.82 Å². The van der Waals surface area contributed by atoms with Gasteiger partial charge in [-0.15, -0.1) is 11.8 Å². The van der Waals surface area contributed by atoms with Crippen LogP contribution in [0.2, 0.25) is 0 Å². The third kappa shape index (κ3) is 6.35. The fourth-order valence-corrected chi connectivity index (χ4v) is 3.23. The lowest BCUT2D eigenvalue weighted by molar-refractivity contribution is -0.116. The number of nitrogens with zero attached hydrogens (tertiary/aromatic N) is 1. The summed E-state index contributed by atoms with van der Waals surface area (Å²) in [7, 11) is 0. The van der Waals surface area contributed by atoms with Crippen molar-refractivity contribution in [3.8, 4) is 11.3 Å². The SMILES string of the molecule is O=C(CCc1ncc(-c2ccc(F)cc2)o1)Nc1ccccc1SCC(F)(F)F. The van der Waals surface area contributed by atoms with Crippen LogP contribution >= 0.6 is 11.8 Å². The van der Waals surface area contributed by atoms with Gasteiger partial charge in [-0.05, 0) is 36.4 Å². The van der Waals surface area contributed by atoms with Gasteiger partial charge in [-0.25, -0.2) is 9.37 Å². The second-order valence-corrected chi connectivity index (χ2v) is 7.09. The highest BCUT2D eigenvalue weighted by atomic mass is 32.2. The van der Waals surface area contributed by atoms with E-state index in [1.54, 1.807) is 30.3 Å². The van der Waals surface area contributed by atoms with E-state index in [4.69, 9.17) is 4.42 Å². The van der Waals surface area contributed by atoms with Crippen LogP contribution in [-0.2, 0) is 11.2 Å². The smallest absolute Gasteiger partial charge is 0.398 e. The number of carbonyl (C=O) groups excluding carboxylic acids is 1. The maximum absolute atomic E-state index is 13.0. The van der Waals surface area contributed by atoms with Gasteiger partial charge in [0.05, 0.1) is 17.6 Å². The van der Waals surface area contributed by atoms with Crippen molar-refractivity contribution in [1.82, 2.24) is 4.98 Å². The monoisotopic (exact) mass is 424 g/mol. The van der Waals surface area contributed by atoms with E-state index in [1.165, 1.54) is 24.4 Å². The minimum absolute atomic E-state index is 0.0433. The maximum Gasteiger partial charge on any atom is 0.398 e. The largest absolute Gasteiger partial charge is 0.441 e. The molecule has 4 nitrogen and oxygen atoms in total. The standard InChI is InChI=1S/C20H16F4N2O2S/c21-14-7-5-13(6-8-14)16-11-25-19(28-16)10-9-18(27)26-15-3-1-2-4-17(15)29-12-20(22,23)24/h1-8,11H,9-10,12H2,(H,26,27). The van der Waals surface area contributed by atoms with Gasteiger partial charge in [0.1, 0.15) is 5.82 Å². The van der Waals surface area contributed by atoms with E-state index in [2.05, 4.69) is 10.3 Å². The minimum Gasteiger partial charge on any atom is -0.441 e. The number of amides is 1. The Morgan fingerprint density at radius 3 is 2.55 bits per heavy atom. The van der Waals surface area contributed by atoms with Crippen LogP contribution in [0.25, 0.3) is 11.3 Å². The highest BCUT2D eigenvalue weighted by Gasteiger charge is 2.27. The van der Waals surface area contributed by atoms with Crippen molar-refractivity contribution in [3.63, 3.8) is 0 Å². The quantitative estimate of drug-likeness (QED) is 0.390. The summed E-state index contributed by atoms with van der Waals surface area (Å²) < 4.78 is 55.9. The van der Waals surface area contributed by atoms with Gasteiger partial charge in [0, 0.05) is 23.3 Å². The Hall–Kier alpha value is -2.81. The molecule has 9 heteroatoms. The molecule has 0 radical (unpaired) electrons. The van der Waals surface area contributed by atoms with Crippen LogP contribution < -0.4 is 5.32 Å². The molecule has 0 aliphatic rings. The van der Waals surface area contributed by atoms with Crippen LogP contribution in [0.1, 0.15) is 12.3 Å². The minimum atomic E-state index is -4.30. The fraction of sp³-hybridized carbons (Fsp3) is 0.200. The fourth-order valence-electron chi connectivity index (χ4n) is 2.46. The summed E-state index contributed by atoms with van der Waals surface area (Å²) in [5, 5.41) is 2.62. The van der Waals surface area contributed by atoms with Gasteiger partial charge in [0.15, 0.2) is 11.7 Å². The summed E-state index contributed by atoms with van der Waals surface area (Å²) >= 11 is 0.615.